The molecule has 2 heterocycles. The monoisotopic (exact) mass is 285 g/mol. The number of rotatable bonds is 3. The van der Waals surface area contributed by atoms with Crippen LogP contribution in [-0.2, 0) is 4.79 Å². The molecule has 1 aliphatic heterocycles. The van der Waals surface area contributed by atoms with Crippen molar-refractivity contribution in [1.82, 2.24) is 10.5 Å². The summed E-state index contributed by atoms with van der Waals surface area (Å²) < 4.78 is 4.80. The quantitative estimate of drug-likeness (QED) is 0.927. The van der Waals surface area contributed by atoms with E-state index in [1.165, 1.54) is 12.3 Å². The van der Waals surface area contributed by atoms with Crippen LogP contribution in [0.5, 0.6) is 0 Å². The topological polar surface area (TPSA) is 75.4 Å². The molecule has 1 aromatic carbocycles. The van der Waals surface area contributed by atoms with Crippen LogP contribution in [0.1, 0.15) is 22.5 Å². The number of amides is 2. The molecule has 6 nitrogen and oxygen atoms in total. The minimum atomic E-state index is -0.351. The predicted molar refractivity (Wildman–Crippen MR) is 75.9 cm³/mol. The Hall–Kier alpha value is -2.63. The van der Waals surface area contributed by atoms with E-state index >= 15 is 0 Å². The summed E-state index contributed by atoms with van der Waals surface area (Å²) in [7, 11) is 0. The standard InChI is InChI=1S/C15H15N3O3/c1-10-3-2-4-12(7-10)18-9-11(8-14(18)19)17-15(20)13-5-6-16-21-13/h2-7,11H,8-9H2,1H3,(H,17,20). The molecule has 6 heteroatoms. The van der Waals surface area contributed by atoms with E-state index in [0.717, 1.165) is 11.3 Å². The molecule has 3 rings (SSSR count). The van der Waals surface area contributed by atoms with E-state index in [1.807, 2.05) is 31.2 Å². The smallest absolute Gasteiger partial charge is 0.290 e. The summed E-state index contributed by atoms with van der Waals surface area (Å²) in [4.78, 5) is 25.7. The van der Waals surface area contributed by atoms with Crippen molar-refractivity contribution in [3.63, 3.8) is 0 Å². The summed E-state index contributed by atoms with van der Waals surface area (Å²) in [6, 6.07) is 9.01. The van der Waals surface area contributed by atoms with E-state index < -0.39 is 0 Å². The van der Waals surface area contributed by atoms with Gasteiger partial charge < -0.3 is 14.7 Å². The first-order chi connectivity index (χ1) is 10.1. The van der Waals surface area contributed by atoms with Gasteiger partial charge in [-0.2, -0.15) is 0 Å². The summed E-state index contributed by atoms with van der Waals surface area (Å²) in [6.07, 6.45) is 1.70. The predicted octanol–water partition coefficient (Wildman–Crippen LogP) is 1.52. The lowest BCUT2D eigenvalue weighted by Crippen LogP contribution is -2.37. The Balaban J connectivity index is 1.69. The average molecular weight is 285 g/mol. The van der Waals surface area contributed by atoms with E-state index in [0.29, 0.717) is 6.54 Å². The molecule has 0 spiro atoms. The molecule has 0 saturated carbocycles. The Morgan fingerprint density at radius 2 is 2.29 bits per heavy atom. The highest BCUT2D eigenvalue weighted by Crippen LogP contribution is 2.22. The SMILES string of the molecule is Cc1cccc(N2CC(NC(=O)c3ccno3)CC2=O)c1. The molecular formula is C15H15N3O3. The number of hydrogen-bond acceptors (Lipinski definition) is 4. The van der Waals surface area contributed by atoms with Crippen LogP contribution in [0.4, 0.5) is 5.69 Å². The number of anilines is 1. The van der Waals surface area contributed by atoms with Gasteiger partial charge in [-0.3, -0.25) is 9.59 Å². The van der Waals surface area contributed by atoms with Gasteiger partial charge >= 0.3 is 0 Å². The summed E-state index contributed by atoms with van der Waals surface area (Å²) in [5.41, 5.74) is 1.95. The van der Waals surface area contributed by atoms with Crippen molar-refractivity contribution in [2.75, 3.05) is 11.4 Å². The van der Waals surface area contributed by atoms with Crippen LogP contribution in [0, 0.1) is 6.92 Å². The van der Waals surface area contributed by atoms with Crippen molar-refractivity contribution in [3.8, 4) is 0 Å². The molecule has 1 aliphatic rings. The van der Waals surface area contributed by atoms with Gasteiger partial charge in [0.1, 0.15) is 0 Å². The van der Waals surface area contributed by atoms with Gasteiger partial charge in [-0.15, -0.1) is 0 Å². The zero-order valence-corrected chi connectivity index (χ0v) is 11.6. The number of aryl methyl sites for hydroxylation is 1. The fourth-order valence-corrected chi connectivity index (χ4v) is 2.44. The van der Waals surface area contributed by atoms with Crippen LogP contribution in [0.3, 0.4) is 0 Å². The van der Waals surface area contributed by atoms with Crippen LogP contribution >= 0.6 is 0 Å². The highest BCUT2D eigenvalue weighted by Gasteiger charge is 2.32. The maximum absolute atomic E-state index is 12.1. The first-order valence-electron chi connectivity index (χ1n) is 6.72. The largest absolute Gasteiger partial charge is 0.351 e. The molecule has 1 unspecified atom stereocenters. The molecule has 1 saturated heterocycles. The van der Waals surface area contributed by atoms with E-state index in [2.05, 4.69) is 10.5 Å². The van der Waals surface area contributed by atoms with E-state index in [1.54, 1.807) is 4.90 Å². The van der Waals surface area contributed by atoms with Gasteiger partial charge in [0.15, 0.2) is 0 Å². The number of nitrogens with one attached hydrogen (secondary N) is 1. The maximum Gasteiger partial charge on any atom is 0.290 e. The first-order valence-corrected chi connectivity index (χ1v) is 6.72. The normalized spacial score (nSPS) is 18.0. The van der Waals surface area contributed by atoms with Crippen LogP contribution in [0.25, 0.3) is 0 Å². The minimum absolute atomic E-state index is 0.00321. The lowest BCUT2D eigenvalue weighted by Gasteiger charge is -2.17. The van der Waals surface area contributed by atoms with E-state index in [-0.39, 0.29) is 30.0 Å². The summed E-state index contributed by atoms with van der Waals surface area (Å²) in [5.74, 6) is -0.198. The van der Waals surface area contributed by atoms with E-state index in [4.69, 9.17) is 4.52 Å². The zero-order valence-electron chi connectivity index (χ0n) is 11.6. The van der Waals surface area contributed by atoms with Crippen LogP contribution in [-0.4, -0.2) is 29.6 Å². The number of aromatic nitrogens is 1. The highest BCUT2D eigenvalue weighted by atomic mass is 16.5. The summed E-state index contributed by atoms with van der Waals surface area (Å²) >= 11 is 0. The van der Waals surface area contributed by atoms with Gasteiger partial charge in [-0.05, 0) is 24.6 Å². The molecule has 21 heavy (non-hydrogen) atoms. The van der Waals surface area contributed by atoms with Crippen molar-refractivity contribution < 1.29 is 14.1 Å². The molecule has 1 N–H and O–H groups in total. The van der Waals surface area contributed by atoms with Gasteiger partial charge in [-0.1, -0.05) is 17.3 Å². The average Bonchev–Trinajstić information content (AvgIpc) is 3.08. The second-order valence-electron chi connectivity index (χ2n) is 5.09. The molecule has 1 atom stereocenters. The van der Waals surface area contributed by atoms with Gasteiger partial charge in [-0.25, -0.2) is 0 Å². The molecule has 2 amide bonds. The fourth-order valence-electron chi connectivity index (χ4n) is 2.44. The Labute approximate surface area is 121 Å². The van der Waals surface area contributed by atoms with Crippen LogP contribution in [0.15, 0.2) is 41.1 Å². The van der Waals surface area contributed by atoms with Crippen molar-refractivity contribution in [3.05, 3.63) is 47.9 Å². The molecular weight excluding hydrogens is 270 g/mol. The molecule has 0 aliphatic carbocycles. The number of benzene rings is 1. The number of nitrogens with zero attached hydrogens (tertiary/aromatic N) is 2. The van der Waals surface area contributed by atoms with E-state index in [9.17, 15) is 9.59 Å². The second kappa shape index (κ2) is 5.40. The summed E-state index contributed by atoms with van der Waals surface area (Å²) in [5, 5.41) is 6.28. The third-order valence-electron chi connectivity index (χ3n) is 3.44. The second-order valence-corrected chi connectivity index (χ2v) is 5.09. The van der Waals surface area contributed by atoms with Crippen molar-refractivity contribution in [2.45, 2.75) is 19.4 Å². The lowest BCUT2D eigenvalue weighted by molar-refractivity contribution is -0.117. The number of carbonyl (C=O) groups is 2. The van der Waals surface area contributed by atoms with Gasteiger partial charge in [0.05, 0.1) is 12.2 Å². The Morgan fingerprint density at radius 3 is 3.00 bits per heavy atom. The van der Waals surface area contributed by atoms with Crippen molar-refractivity contribution in [1.29, 1.82) is 0 Å². The summed E-state index contributed by atoms with van der Waals surface area (Å²) in [6.45, 7) is 2.44. The van der Waals surface area contributed by atoms with Gasteiger partial charge in [0.2, 0.25) is 11.7 Å². The van der Waals surface area contributed by atoms with Crippen LogP contribution < -0.4 is 10.2 Å². The molecule has 0 bridgehead atoms. The molecule has 108 valence electrons. The van der Waals surface area contributed by atoms with Crippen LogP contribution in [0.2, 0.25) is 0 Å². The molecule has 1 fully saturated rings. The Kier molecular flexibility index (Phi) is 3.43. The minimum Gasteiger partial charge on any atom is -0.351 e. The third kappa shape index (κ3) is 2.79. The Morgan fingerprint density at radius 1 is 1.43 bits per heavy atom. The first kappa shape index (κ1) is 13.4. The maximum atomic E-state index is 12.1. The molecule has 1 aromatic heterocycles. The zero-order chi connectivity index (χ0) is 14.8. The Bertz CT molecular complexity index is 667. The van der Waals surface area contributed by atoms with Gasteiger partial charge in [0.25, 0.3) is 5.91 Å². The number of hydrogen-bond donors (Lipinski definition) is 1. The van der Waals surface area contributed by atoms with Gasteiger partial charge in [0, 0.05) is 24.7 Å². The molecule has 2 aromatic rings. The van der Waals surface area contributed by atoms with Crippen molar-refractivity contribution in [2.24, 2.45) is 0 Å². The third-order valence-corrected chi connectivity index (χ3v) is 3.44. The number of carbonyl (C=O) groups excluding carboxylic acids is 2. The van der Waals surface area contributed by atoms with Crippen molar-refractivity contribution >= 4 is 17.5 Å². The lowest BCUT2D eigenvalue weighted by atomic mass is 10.2. The highest BCUT2D eigenvalue weighted by molar-refractivity contribution is 5.98. The molecule has 0 radical (unpaired) electrons. The fraction of sp³-hybridized carbons (Fsp3) is 0.267.